The third-order valence-corrected chi connectivity index (χ3v) is 11.5. The number of aliphatic hydroxyl groups is 6. The fourth-order valence-electron chi connectivity index (χ4n) is 6.52. The number of phosphoric ester groups is 1. The highest BCUT2D eigenvalue weighted by molar-refractivity contribution is 7.47. The maximum atomic E-state index is 12.8. The lowest BCUT2D eigenvalue weighted by Crippen LogP contribution is -2.64. The van der Waals surface area contributed by atoms with Gasteiger partial charge in [-0.3, -0.25) is 18.6 Å². The van der Waals surface area contributed by atoms with Crippen LogP contribution in [0, 0.1) is 0 Å². The lowest BCUT2D eigenvalue weighted by atomic mass is 9.85. The molecule has 376 valence electrons. The zero-order valence-corrected chi connectivity index (χ0v) is 40.4. The second kappa shape index (κ2) is 39.7. The summed E-state index contributed by atoms with van der Waals surface area (Å²) in [6.45, 7) is 3.03. The molecule has 0 aromatic carbocycles. The Labute approximate surface area is 394 Å². The molecule has 15 heteroatoms. The van der Waals surface area contributed by atoms with Crippen molar-refractivity contribution in [3.05, 3.63) is 97.2 Å². The zero-order valence-electron chi connectivity index (χ0n) is 39.6. The molecule has 0 saturated heterocycles. The lowest BCUT2D eigenvalue weighted by Gasteiger charge is -2.41. The molecule has 0 spiro atoms. The molecule has 7 N–H and O–H groups in total. The summed E-state index contributed by atoms with van der Waals surface area (Å²) in [6.07, 6.45) is 36.5. The fraction of sp³-hybridized carbons (Fsp3) is 0.647. The number of esters is 2. The number of carbonyl (C=O) groups is 2. The van der Waals surface area contributed by atoms with Crippen LogP contribution < -0.4 is 0 Å². The normalized spacial score (nSPS) is 22.6. The lowest BCUT2D eigenvalue weighted by molar-refractivity contribution is -0.220. The summed E-state index contributed by atoms with van der Waals surface area (Å²) < 4.78 is 33.5. The van der Waals surface area contributed by atoms with Gasteiger partial charge in [-0.15, -0.1) is 0 Å². The first-order chi connectivity index (χ1) is 31.8. The smallest absolute Gasteiger partial charge is 0.462 e. The van der Waals surface area contributed by atoms with E-state index in [9.17, 15) is 49.7 Å². The Hall–Kier alpha value is -3.27. The van der Waals surface area contributed by atoms with Gasteiger partial charge in [0.2, 0.25) is 0 Å². The molecule has 1 fully saturated rings. The van der Waals surface area contributed by atoms with Crippen molar-refractivity contribution in [2.24, 2.45) is 0 Å². The van der Waals surface area contributed by atoms with Crippen LogP contribution in [0.25, 0.3) is 0 Å². The monoisotopic (exact) mass is 951 g/mol. The molecule has 1 rings (SSSR count). The summed E-state index contributed by atoms with van der Waals surface area (Å²) in [7, 11) is -5.16. The second-order valence-electron chi connectivity index (χ2n) is 16.4. The molecule has 0 aromatic heterocycles. The molecular formula is C51H83O14P. The van der Waals surface area contributed by atoms with Crippen molar-refractivity contribution in [1.29, 1.82) is 0 Å². The average molecular weight is 951 g/mol. The second-order valence-corrected chi connectivity index (χ2v) is 17.8. The Bertz CT molecular complexity index is 1540. The zero-order chi connectivity index (χ0) is 48.7. The van der Waals surface area contributed by atoms with Gasteiger partial charge >= 0.3 is 19.8 Å². The summed E-state index contributed by atoms with van der Waals surface area (Å²) in [5, 5.41) is 60.0. The van der Waals surface area contributed by atoms with Crippen molar-refractivity contribution in [2.75, 3.05) is 13.2 Å². The molecule has 0 bridgehead atoms. The molecule has 1 saturated carbocycles. The molecule has 0 aliphatic heterocycles. The van der Waals surface area contributed by atoms with Gasteiger partial charge in [0, 0.05) is 12.8 Å². The number of ether oxygens (including phenoxy) is 2. The van der Waals surface area contributed by atoms with Gasteiger partial charge in [-0.2, -0.15) is 0 Å². The Morgan fingerprint density at radius 3 is 1.48 bits per heavy atom. The van der Waals surface area contributed by atoms with E-state index in [2.05, 4.69) is 80.7 Å². The predicted octanol–water partition coefficient (Wildman–Crippen LogP) is 8.80. The predicted molar refractivity (Wildman–Crippen MR) is 259 cm³/mol. The van der Waals surface area contributed by atoms with Crippen LogP contribution in [-0.4, -0.2) is 110 Å². The molecule has 9 atom stereocenters. The van der Waals surface area contributed by atoms with Crippen LogP contribution in [0.2, 0.25) is 0 Å². The molecule has 0 radical (unpaired) electrons. The maximum Gasteiger partial charge on any atom is 0.472 e. The standard InChI is InChI=1S/C51H83O14P/c1-3-5-7-8-9-10-11-12-13-14-15-16-17-18-23-26-29-32-35-39-45(54)64-43(41-63-66(60,61)65-51-49(58)47(56)46(55)48(57)50(51)59)40-62-44(53)38-34-31-28-25-22-20-19-21-24-27-30-33-37-42(52)36-6-4-2/h9-10,12-13,15-16,18-20,23-25,27-28,33,37,42-43,46-52,55-59H,3-8,11,14,17,21-22,26,29-32,34-36,38-41H2,1-2H3,(H,60,61)/b10-9-,13-12-,16-15-,20-19-,23-18-,27-24-,28-25-,37-33-/t42-,43+,46?,47-,48+,49+,50+,51?/m0/s1. The van der Waals surface area contributed by atoms with Gasteiger partial charge in [0.15, 0.2) is 6.10 Å². The Morgan fingerprint density at radius 2 is 0.970 bits per heavy atom. The first-order valence-electron chi connectivity index (χ1n) is 24.1. The van der Waals surface area contributed by atoms with Gasteiger partial charge in [0.1, 0.15) is 43.2 Å². The molecule has 1 aliphatic rings. The van der Waals surface area contributed by atoms with Crippen molar-refractivity contribution >= 4 is 19.8 Å². The quantitative estimate of drug-likeness (QED) is 0.0133. The van der Waals surface area contributed by atoms with E-state index in [0.717, 1.165) is 83.5 Å². The van der Waals surface area contributed by atoms with Crippen molar-refractivity contribution in [3.8, 4) is 0 Å². The largest absolute Gasteiger partial charge is 0.472 e. The van der Waals surface area contributed by atoms with E-state index in [1.807, 2.05) is 30.4 Å². The number of rotatable bonds is 38. The van der Waals surface area contributed by atoms with Crippen LogP contribution in [0.4, 0.5) is 0 Å². The molecule has 3 unspecified atom stereocenters. The average Bonchev–Trinajstić information content (AvgIpc) is 3.30. The third kappa shape index (κ3) is 31.7. The molecule has 0 heterocycles. The van der Waals surface area contributed by atoms with Gasteiger partial charge in [-0.05, 0) is 89.9 Å². The van der Waals surface area contributed by atoms with Crippen LogP contribution in [-0.2, 0) is 32.7 Å². The summed E-state index contributed by atoms with van der Waals surface area (Å²) in [5.41, 5.74) is 0. The Morgan fingerprint density at radius 1 is 0.530 bits per heavy atom. The Kier molecular flexibility index (Phi) is 36.5. The van der Waals surface area contributed by atoms with Gasteiger partial charge in [0.05, 0.1) is 12.7 Å². The number of aliphatic hydroxyl groups excluding tert-OH is 6. The highest BCUT2D eigenvalue weighted by Gasteiger charge is 2.51. The van der Waals surface area contributed by atoms with Gasteiger partial charge in [-0.1, -0.05) is 143 Å². The molecular weight excluding hydrogens is 868 g/mol. The van der Waals surface area contributed by atoms with Crippen molar-refractivity contribution < 1.29 is 68.2 Å². The van der Waals surface area contributed by atoms with Gasteiger partial charge in [-0.25, -0.2) is 4.57 Å². The number of allylic oxidation sites excluding steroid dienone is 15. The SMILES string of the molecule is CCCCC/C=C\C/C=C\C/C=C\C/C=C\CCCCCC(=O)O[C@H](COC(=O)CCC/C=C\C/C=C\C/C=C\C/C=C\[C@@H](O)CCCC)COP(=O)(O)OC1[C@H](O)[C@H](O)C(O)[C@H](O)[C@H]1O. The topological polar surface area (TPSA) is 230 Å². The number of carbonyl (C=O) groups excluding carboxylic acids is 2. The molecule has 0 amide bonds. The minimum Gasteiger partial charge on any atom is -0.462 e. The summed E-state index contributed by atoms with van der Waals surface area (Å²) in [6, 6.07) is 0. The molecule has 0 aromatic rings. The molecule has 14 nitrogen and oxygen atoms in total. The van der Waals surface area contributed by atoms with Crippen molar-refractivity contribution in [3.63, 3.8) is 0 Å². The summed E-state index contributed by atoms with van der Waals surface area (Å²) >= 11 is 0. The van der Waals surface area contributed by atoms with Crippen LogP contribution in [0.1, 0.15) is 149 Å². The number of hydrogen-bond acceptors (Lipinski definition) is 13. The van der Waals surface area contributed by atoms with Gasteiger partial charge < -0.3 is 45.0 Å². The highest BCUT2D eigenvalue weighted by atomic mass is 31.2. The fourth-order valence-corrected chi connectivity index (χ4v) is 7.49. The van der Waals surface area contributed by atoms with E-state index in [4.69, 9.17) is 18.5 Å². The van der Waals surface area contributed by atoms with E-state index in [1.165, 1.54) is 19.3 Å². The van der Waals surface area contributed by atoms with E-state index < -0.39 is 75.7 Å². The van der Waals surface area contributed by atoms with Crippen LogP contribution in [0.15, 0.2) is 97.2 Å². The van der Waals surface area contributed by atoms with Crippen molar-refractivity contribution in [2.45, 2.75) is 198 Å². The minimum atomic E-state index is -5.16. The van der Waals surface area contributed by atoms with E-state index >= 15 is 0 Å². The summed E-state index contributed by atoms with van der Waals surface area (Å²) in [4.78, 5) is 35.7. The van der Waals surface area contributed by atoms with Crippen molar-refractivity contribution in [1.82, 2.24) is 0 Å². The number of unbranched alkanes of at least 4 members (excludes halogenated alkanes) is 8. The van der Waals surface area contributed by atoms with Gasteiger partial charge in [0.25, 0.3) is 0 Å². The maximum absolute atomic E-state index is 12.8. The summed E-state index contributed by atoms with van der Waals surface area (Å²) in [5.74, 6) is -1.23. The van der Waals surface area contributed by atoms with E-state index in [-0.39, 0.29) is 18.9 Å². The number of hydrogen-bond donors (Lipinski definition) is 7. The highest BCUT2D eigenvalue weighted by Crippen LogP contribution is 2.47. The van der Waals surface area contributed by atoms with E-state index in [1.54, 1.807) is 0 Å². The first-order valence-corrected chi connectivity index (χ1v) is 25.6. The molecule has 1 aliphatic carbocycles. The van der Waals surface area contributed by atoms with Crippen LogP contribution in [0.5, 0.6) is 0 Å². The first kappa shape index (κ1) is 60.7. The van der Waals surface area contributed by atoms with E-state index in [0.29, 0.717) is 19.3 Å². The van der Waals surface area contributed by atoms with Crippen LogP contribution in [0.3, 0.4) is 0 Å². The minimum absolute atomic E-state index is 0.0335. The molecule has 66 heavy (non-hydrogen) atoms. The third-order valence-electron chi connectivity index (χ3n) is 10.5. The Balaban J connectivity index is 2.53. The number of phosphoric acid groups is 1. The van der Waals surface area contributed by atoms with Crippen LogP contribution >= 0.6 is 7.82 Å².